The van der Waals surface area contributed by atoms with Crippen molar-refractivity contribution in [3.05, 3.63) is 265 Å². The summed E-state index contributed by atoms with van der Waals surface area (Å²) in [7, 11) is 0. The topological polar surface area (TPSA) is 103 Å². The SMILES string of the molecule is N=C1C=Cc2ccccc2/C1=N/Nc1ccc(N(c2ccc(-c3ccc(N(c4ccc(N/N=C5\C(=N)C=Cc6ccccc65)cc4)c4ccc5ccccc5c4)cc3)cc2)c2ccc3ccccc3c2)cc1. The van der Waals surface area contributed by atoms with E-state index in [0.29, 0.717) is 22.8 Å². The molecule has 0 amide bonds. The predicted octanol–water partition coefficient (Wildman–Crippen LogP) is 16.3. The monoisotopic (exact) mass is 926 g/mol. The highest BCUT2D eigenvalue weighted by atomic mass is 15.3. The third-order valence-electron chi connectivity index (χ3n) is 13.2. The molecule has 72 heavy (non-hydrogen) atoms. The third kappa shape index (κ3) is 8.61. The van der Waals surface area contributed by atoms with Crippen LogP contribution in [0.3, 0.4) is 0 Å². The maximum absolute atomic E-state index is 8.55. The smallest absolute Gasteiger partial charge is 0.116 e. The van der Waals surface area contributed by atoms with Crippen LogP contribution in [-0.4, -0.2) is 22.8 Å². The lowest BCUT2D eigenvalue weighted by molar-refractivity contribution is 1.27. The number of rotatable bonds is 11. The van der Waals surface area contributed by atoms with Gasteiger partial charge in [-0.05, 0) is 153 Å². The van der Waals surface area contributed by atoms with Gasteiger partial charge in [-0.3, -0.25) is 21.7 Å². The summed E-state index contributed by atoms with van der Waals surface area (Å²) in [5.41, 5.74) is 22.3. The minimum absolute atomic E-state index is 0.369. The van der Waals surface area contributed by atoms with Crippen LogP contribution in [0, 0.1) is 10.8 Å². The van der Waals surface area contributed by atoms with E-state index in [2.05, 4.69) is 189 Å². The second-order valence-electron chi connectivity index (χ2n) is 17.7. The highest BCUT2D eigenvalue weighted by Crippen LogP contribution is 2.40. The Hall–Kier alpha value is -9.92. The van der Waals surface area contributed by atoms with Crippen molar-refractivity contribution in [2.24, 2.45) is 10.2 Å². The van der Waals surface area contributed by atoms with Crippen molar-refractivity contribution in [1.29, 1.82) is 10.8 Å². The van der Waals surface area contributed by atoms with Crippen molar-refractivity contribution in [2.75, 3.05) is 20.7 Å². The van der Waals surface area contributed by atoms with Gasteiger partial charge in [-0.15, -0.1) is 0 Å². The fraction of sp³-hybridized carbons (Fsp3) is 0. The number of allylic oxidation sites excluding steroid dienone is 2. The van der Waals surface area contributed by atoms with Crippen LogP contribution in [0.5, 0.6) is 0 Å². The molecule has 0 radical (unpaired) electrons. The number of nitrogens with zero attached hydrogens (tertiary/aromatic N) is 4. The Morgan fingerprint density at radius 1 is 0.306 bits per heavy atom. The zero-order valence-corrected chi connectivity index (χ0v) is 39.0. The standard InChI is InChI=1S/C64H46N8/c65-61-39-23-47-11-5-7-15-59(47)63(61)69-67-51-25-35-55(36-26-51)71(57-33-21-43-9-1-3-13-49(43)41-57)53-29-17-45(18-30-53)46-19-31-54(32-20-46)72(58-34-22-44-10-2-4-14-50(44)42-58)56-37-27-52(28-38-56)68-70-64-60-16-8-6-12-48(60)24-40-62(64)66/h1-42,65-68H/b65-61?,66-62?,69-63-,70-64-. The third-order valence-corrected chi connectivity index (χ3v) is 13.2. The van der Waals surface area contributed by atoms with Crippen LogP contribution < -0.4 is 20.7 Å². The molecule has 0 aliphatic heterocycles. The molecule has 0 aromatic heterocycles. The molecule has 0 atom stereocenters. The molecule has 342 valence electrons. The molecule has 12 rings (SSSR count). The highest BCUT2D eigenvalue weighted by Gasteiger charge is 2.19. The average molecular weight is 927 g/mol. The molecule has 10 aromatic rings. The molecule has 4 N–H and O–H groups in total. The Morgan fingerprint density at radius 2 is 0.639 bits per heavy atom. The molecule has 8 nitrogen and oxygen atoms in total. The van der Waals surface area contributed by atoms with Crippen LogP contribution in [-0.2, 0) is 0 Å². The van der Waals surface area contributed by atoms with Crippen LogP contribution in [0.4, 0.5) is 45.5 Å². The van der Waals surface area contributed by atoms with Crippen molar-refractivity contribution in [1.82, 2.24) is 0 Å². The number of nitrogens with one attached hydrogen (secondary N) is 4. The summed E-state index contributed by atoms with van der Waals surface area (Å²) in [5, 5.41) is 31.2. The van der Waals surface area contributed by atoms with Crippen molar-refractivity contribution in [3.63, 3.8) is 0 Å². The first kappa shape index (κ1) is 43.4. The van der Waals surface area contributed by atoms with E-state index in [1.54, 1.807) is 12.2 Å². The lowest BCUT2D eigenvalue weighted by Crippen LogP contribution is -2.18. The maximum atomic E-state index is 8.55. The normalized spacial score (nSPS) is 13.8. The Balaban J connectivity index is 0.830. The molecule has 0 saturated carbocycles. The Bertz CT molecular complexity index is 3580. The van der Waals surface area contributed by atoms with Crippen molar-refractivity contribution in [2.45, 2.75) is 0 Å². The summed E-state index contributed by atoms with van der Waals surface area (Å²) in [5.74, 6) is 0. The molecule has 8 heteroatoms. The summed E-state index contributed by atoms with van der Waals surface area (Å²) >= 11 is 0. The van der Waals surface area contributed by atoms with Gasteiger partial charge in [-0.1, -0.05) is 146 Å². The van der Waals surface area contributed by atoms with Crippen LogP contribution in [0.1, 0.15) is 22.3 Å². The summed E-state index contributed by atoms with van der Waals surface area (Å²) in [4.78, 5) is 4.55. The first-order valence-electron chi connectivity index (χ1n) is 23.9. The van der Waals surface area contributed by atoms with Gasteiger partial charge in [0.2, 0.25) is 0 Å². The Labute approximate surface area is 417 Å². The summed E-state index contributed by atoms with van der Waals surface area (Å²) < 4.78 is 0. The number of hydrazone groups is 2. The minimum Gasteiger partial charge on any atom is -0.310 e. The van der Waals surface area contributed by atoms with Crippen molar-refractivity contribution < 1.29 is 0 Å². The van der Waals surface area contributed by atoms with E-state index in [1.165, 1.54) is 10.8 Å². The van der Waals surface area contributed by atoms with Crippen LogP contribution in [0.15, 0.2) is 253 Å². The van der Waals surface area contributed by atoms with E-state index in [0.717, 1.165) is 89.7 Å². The molecule has 2 aliphatic rings. The first-order chi connectivity index (χ1) is 35.5. The molecule has 0 bridgehead atoms. The zero-order chi connectivity index (χ0) is 48.4. The second kappa shape index (κ2) is 18.9. The van der Waals surface area contributed by atoms with E-state index in [9.17, 15) is 0 Å². The van der Waals surface area contributed by atoms with E-state index in [1.807, 2.05) is 84.9 Å². The van der Waals surface area contributed by atoms with Gasteiger partial charge in [0.15, 0.2) is 0 Å². The Morgan fingerprint density at radius 3 is 1.04 bits per heavy atom. The predicted molar refractivity (Wildman–Crippen MR) is 303 cm³/mol. The van der Waals surface area contributed by atoms with Crippen molar-refractivity contribution >= 4 is 102 Å². The van der Waals surface area contributed by atoms with Gasteiger partial charge in [0.05, 0.1) is 22.8 Å². The van der Waals surface area contributed by atoms with Crippen LogP contribution in [0.2, 0.25) is 0 Å². The van der Waals surface area contributed by atoms with Gasteiger partial charge >= 0.3 is 0 Å². The largest absolute Gasteiger partial charge is 0.310 e. The molecule has 0 saturated heterocycles. The summed E-state index contributed by atoms with van der Waals surface area (Å²) in [6.07, 6.45) is 7.49. The van der Waals surface area contributed by atoms with Crippen LogP contribution in [0.25, 0.3) is 44.8 Å². The van der Waals surface area contributed by atoms with Gasteiger partial charge in [-0.2, -0.15) is 10.2 Å². The molecule has 0 fully saturated rings. The molecule has 2 aliphatic carbocycles. The van der Waals surface area contributed by atoms with Gasteiger partial charge in [0, 0.05) is 45.3 Å². The summed E-state index contributed by atoms with van der Waals surface area (Å²) in [6.45, 7) is 0. The van der Waals surface area contributed by atoms with E-state index in [4.69, 9.17) is 10.8 Å². The van der Waals surface area contributed by atoms with Gasteiger partial charge in [0.1, 0.15) is 11.4 Å². The first-order valence-corrected chi connectivity index (χ1v) is 23.9. The number of benzene rings is 10. The highest BCUT2D eigenvalue weighted by molar-refractivity contribution is 6.54. The molecule has 10 aromatic carbocycles. The number of hydrogen-bond acceptors (Lipinski definition) is 8. The fourth-order valence-corrected chi connectivity index (χ4v) is 9.49. The number of anilines is 8. The van der Waals surface area contributed by atoms with Gasteiger partial charge in [0.25, 0.3) is 0 Å². The van der Waals surface area contributed by atoms with Gasteiger partial charge < -0.3 is 9.80 Å². The lowest BCUT2D eigenvalue weighted by atomic mass is 9.94. The molecular weight excluding hydrogens is 881 g/mol. The van der Waals surface area contributed by atoms with E-state index >= 15 is 0 Å². The van der Waals surface area contributed by atoms with Crippen LogP contribution >= 0.6 is 0 Å². The Kier molecular flexibility index (Phi) is 11.4. The fourth-order valence-electron chi connectivity index (χ4n) is 9.49. The lowest BCUT2D eigenvalue weighted by Gasteiger charge is -2.27. The molecule has 0 heterocycles. The summed E-state index contributed by atoms with van der Waals surface area (Å²) in [6, 6.07) is 80.1. The molecular formula is C64H46N8. The van der Waals surface area contributed by atoms with Crippen molar-refractivity contribution in [3.8, 4) is 11.1 Å². The average Bonchev–Trinajstić information content (AvgIpc) is 3.44. The minimum atomic E-state index is 0.369. The zero-order valence-electron chi connectivity index (χ0n) is 39.0. The number of hydrogen-bond donors (Lipinski definition) is 4. The molecule has 0 unspecified atom stereocenters. The quantitative estimate of drug-likeness (QED) is 0.0970. The number of fused-ring (bicyclic) bond motifs is 4. The van der Waals surface area contributed by atoms with E-state index in [-0.39, 0.29) is 0 Å². The van der Waals surface area contributed by atoms with E-state index < -0.39 is 0 Å². The molecule has 0 spiro atoms. The second-order valence-corrected chi connectivity index (χ2v) is 17.7. The maximum Gasteiger partial charge on any atom is 0.116 e. The van der Waals surface area contributed by atoms with Gasteiger partial charge in [-0.25, -0.2) is 0 Å².